The molecule has 1 fully saturated rings. The normalized spacial score (nSPS) is 30.6. The number of hydrogen-bond donors (Lipinski definition) is 1. The minimum atomic E-state index is -0.513. The zero-order valence-electron chi connectivity index (χ0n) is 10.3. The molecule has 1 aromatic heterocycles. The molecule has 1 heterocycles. The van der Waals surface area contributed by atoms with Crippen molar-refractivity contribution in [3.05, 3.63) is 18.0 Å². The summed E-state index contributed by atoms with van der Waals surface area (Å²) in [6.07, 6.45) is 8.25. The molecular formula is C13H22N2O. The largest absolute Gasteiger partial charge is 0.389 e. The van der Waals surface area contributed by atoms with E-state index < -0.39 is 5.60 Å². The van der Waals surface area contributed by atoms with Gasteiger partial charge in [0.25, 0.3) is 0 Å². The maximum atomic E-state index is 10.7. The van der Waals surface area contributed by atoms with Crippen molar-refractivity contribution in [1.29, 1.82) is 0 Å². The zero-order chi connectivity index (χ0) is 11.6. The SMILES string of the molecule is CCC1CCCCC1(O)Cc1ccn(C)n1. The van der Waals surface area contributed by atoms with E-state index >= 15 is 0 Å². The minimum absolute atomic E-state index is 0.447. The fraction of sp³-hybridized carbons (Fsp3) is 0.769. The summed E-state index contributed by atoms with van der Waals surface area (Å²) >= 11 is 0. The first-order chi connectivity index (χ1) is 7.64. The van der Waals surface area contributed by atoms with Gasteiger partial charge in [-0.2, -0.15) is 5.10 Å². The lowest BCUT2D eigenvalue weighted by Crippen LogP contribution is -2.42. The molecule has 90 valence electrons. The molecule has 2 rings (SSSR count). The van der Waals surface area contributed by atoms with Gasteiger partial charge < -0.3 is 5.11 Å². The van der Waals surface area contributed by atoms with Gasteiger partial charge in [0.1, 0.15) is 0 Å². The zero-order valence-corrected chi connectivity index (χ0v) is 10.3. The molecular weight excluding hydrogens is 200 g/mol. The minimum Gasteiger partial charge on any atom is -0.389 e. The molecule has 0 aliphatic heterocycles. The van der Waals surface area contributed by atoms with Crippen LogP contribution in [0.25, 0.3) is 0 Å². The highest BCUT2D eigenvalue weighted by atomic mass is 16.3. The molecule has 2 atom stereocenters. The molecule has 0 spiro atoms. The summed E-state index contributed by atoms with van der Waals surface area (Å²) in [6, 6.07) is 2.01. The molecule has 2 unspecified atom stereocenters. The van der Waals surface area contributed by atoms with E-state index in [1.807, 2.05) is 24.0 Å². The number of aryl methyl sites for hydroxylation is 1. The van der Waals surface area contributed by atoms with E-state index in [0.29, 0.717) is 12.3 Å². The van der Waals surface area contributed by atoms with Gasteiger partial charge in [-0.15, -0.1) is 0 Å². The first-order valence-electron chi connectivity index (χ1n) is 6.35. The fourth-order valence-electron chi connectivity index (χ4n) is 2.98. The highest BCUT2D eigenvalue weighted by Crippen LogP contribution is 2.37. The number of hydrogen-bond acceptors (Lipinski definition) is 2. The third-order valence-electron chi connectivity index (χ3n) is 3.92. The van der Waals surface area contributed by atoms with Crippen molar-refractivity contribution in [2.45, 2.75) is 51.0 Å². The highest BCUT2D eigenvalue weighted by Gasteiger charge is 2.38. The van der Waals surface area contributed by atoms with E-state index in [2.05, 4.69) is 12.0 Å². The van der Waals surface area contributed by atoms with Crippen LogP contribution in [-0.2, 0) is 13.5 Å². The van der Waals surface area contributed by atoms with Gasteiger partial charge in [0.2, 0.25) is 0 Å². The number of rotatable bonds is 3. The first-order valence-corrected chi connectivity index (χ1v) is 6.35. The quantitative estimate of drug-likeness (QED) is 0.852. The lowest BCUT2D eigenvalue weighted by molar-refractivity contribution is -0.0498. The average molecular weight is 222 g/mol. The lowest BCUT2D eigenvalue weighted by Gasteiger charge is -2.39. The van der Waals surface area contributed by atoms with Crippen LogP contribution in [0.2, 0.25) is 0 Å². The van der Waals surface area contributed by atoms with E-state index in [0.717, 1.165) is 25.0 Å². The molecule has 1 aromatic rings. The number of aliphatic hydroxyl groups is 1. The Kier molecular flexibility index (Phi) is 3.33. The molecule has 16 heavy (non-hydrogen) atoms. The number of nitrogens with zero attached hydrogens (tertiary/aromatic N) is 2. The van der Waals surface area contributed by atoms with E-state index in [9.17, 15) is 5.11 Å². The predicted octanol–water partition coefficient (Wildman–Crippen LogP) is 2.29. The van der Waals surface area contributed by atoms with Gasteiger partial charge in [0.05, 0.1) is 11.3 Å². The maximum absolute atomic E-state index is 10.7. The summed E-state index contributed by atoms with van der Waals surface area (Å²) in [5.41, 5.74) is 0.506. The smallest absolute Gasteiger partial charge is 0.0731 e. The van der Waals surface area contributed by atoms with Gasteiger partial charge >= 0.3 is 0 Å². The Labute approximate surface area is 97.5 Å². The monoisotopic (exact) mass is 222 g/mol. The van der Waals surface area contributed by atoms with Crippen LogP contribution in [-0.4, -0.2) is 20.5 Å². The summed E-state index contributed by atoms with van der Waals surface area (Å²) in [4.78, 5) is 0. The Bertz CT molecular complexity index is 347. The second-order valence-electron chi connectivity index (χ2n) is 5.11. The molecule has 1 N–H and O–H groups in total. The summed E-state index contributed by atoms with van der Waals surface area (Å²) in [5.74, 6) is 0.447. The molecule has 3 heteroatoms. The Morgan fingerprint density at radius 2 is 2.38 bits per heavy atom. The standard InChI is InChI=1S/C13H22N2O/c1-3-11-6-4-5-8-13(11,16)10-12-7-9-15(2)14-12/h7,9,11,16H,3-6,8,10H2,1-2H3. The molecule has 3 nitrogen and oxygen atoms in total. The van der Waals surface area contributed by atoms with Gasteiger partial charge in [-0.05, 0) is 24.8 Å². The summed E-state index contributed by atoms with van der Waals surface area (Å²) in [5, 5.41) is 15.1. The van der Waals surface area contributed by atoms with Crippen LogP contribution in [0.5, 0.6) is 0 Å². The van der Waals surface area contributed by atoms with Crippen molar-refractivity contribution < 1.29 is 5.11 Å². The van der Waals surface area contributed by atoms with Crippen LogP contribution in [0, 0.1) is 5.92 Å². The van der Waals surface area contributed by atoms with Crippen molar-refractivity contribution >= 4 is 0 Å². The molecule has 1 aliphatic carbocycles. The first kappa shape index (κ1) is 11.6. The van der Waals surface area contributed by atoms with Crippen molar-refractivity contribution in [2.75, 3.05) is 0 Å². The third-order valence-corrected chi connectivity index (χ3v) is 3.92. The molecule has 0 radical (unpaired) electrons. The average Bonchev–Trinajstić information content (AvgIpc) is 2.64. The van der Waals surface area contributed by atoms with Crippen LogP contribution in [0.4, 0.5) is 0 Å². The van der Waals surface area contributed by atoms with Crippen molar-refractivity contribution in [3.63, 3.8) is 0 Å². The van der Waals surface area contributed by atoms with Gasteiger partial charge in [0.15, 0.2) is 0 Å². The van der Waals surface area contributed by atoms with Crippen LogP contribution in [0.3, 0.4) is 0 Å². The van der Waals surface area contributed by atoms with Crippen molar-refractivity contribution in [1.82, 2.24) is 9.78 Å². The summed E-state index contributed by atoms with van der Waals surface area (Å²) < 4.78 is 1.81. The molecule has 0 amide bonds. The Hall–Kier alpha value is -0.830. The Morgan fingerprint density at radius 3 is 3.00 bits per heavy atom. The Balaban J connectivity index is 2.10. The van der Waals surface area contributed by atoms with Gasteiger partial charge in [-0.3, -0.25) is 4.68 Å². The second-order valence-corrected chi connectivity index (χ2v) is 5.11. The molecule has 0 aromatic carbocycles. The van der Waals surface area contributed by atoms with Gasteiger partial charge in [-0.1, -0.05) is 26.2 Å². The van der Waals surface area contributed by atoms with Crippen LogP contribution >= 0.6 is 0 Å². The van der Waals surface area contributed by atoms with Crippen LogP contribution < -0.4 is 0 Å². The van der Waals surface area contributed by atoms with E-state index in [1.54, 1.807) is 0 Å². The molecule has 1 aliphatic rings. The highest BCUT2D eigenvalue weighted by molar-refractivity contribution is 5.06. The van der Waals surface area contributed by atoms with Crippen LogP contribution in [0.15, 0.2) is 12.3 Å². The Morgan fingerprint density at radius 1 is 1.56 bits per heavy atom. The molecule has 1 saturated carbocycles. The topological polar surface area (TPSA) is 38.0 Å². The van der Waals surface area contributed by atoms with Gasteiger partial charge in [0, 0.05) is 19.7 Å². The lowest BCUT2D eigenvalue weighted by atomic mass is 9.72. The predicted molar refractivity (Wildman–Crippen MR) is 64.1 cm³/mol. The summed E-state index contributed by atoms with van der Waals surface area (Å²) in [6.45, 7) is 2.18. The fourth-order valence-corrected chi connectivity index (χ4v) is 2.98. The van der Waals surface area contributed by atoms with Crippen molar-refractivity contribution in [2.24, 2.45) is 13.0 Å². The van der Waals surface area contributed by atoms with Crippen LogP contribution in [0.1, 0.15) is 44.7 Å². The van der Waals surface area contributed by atoms with E-state index in [1.165, 1.54) is 12.8 Å². The third kappa shape index (κ3) is 2.29. The van der Waals surface area contributed by atoms with Gasteiger partial charge in [-0.25, -0.2) is 0 Å². The maximum Gasteiger partial charge on any atom is 0.0731 e. The summed E-state index contributed by atoms with van der Waals surface area (Å²) in [7, 11) is 1.92. The molecule has 0 saturated heterocycles. The van der Waals surface area contributed by atoms with Crippen molar-refractivity contribution in [3.8, 4) is 0 Å². The second kappa shape index (κ2) is 4.58. The van der Waals surface area contributed by atoms with E-state index in [-0.39, 0.29) is 0 Å². The molecule has 0 bridgehead atoms. The van der Waals surface area contributed by atoms with E-state index in [4.69, 9.17) is 0 Å². The number of aromatic nitrogens is 2.